The van der Waals surface area contributed by atoms with Gasteiger partial charge in [0.05, 0.1) is 11.0 Å². The number of aryl methyl sites for hydroxylation is 3. The summed E-state index contributed by atoms with van der Waals surface area (Å²) in [5.74, 6) is -0.118. The van der Waals surface area contributed by atoms with Gasteiger partial charge >= 0.3 is 5.97 Å². The molecule has 0 saturated carbocycles. The maximum atomic E-state index is 11.8. The molecule has 3 rings (SSSR count). The topological polar surface area (TPSA) is 55.1 Å². The van der Waals surface area contributed by atoms with Crippen molar-refractivity contribution in [2.24, 2.45) is 0 Å². The molecule has 0 fully saturated rings. The number of fused-ring (bicyclic) bond motifs is 1. The Kier molecular flexibility index (Phi) is 4.14. The molecule has 124 valence electrons. The van der Waals surface area contributed by atoms with Gasteiger partial charge in [-0.15, -0.1) is 0 Å². The SMILES string of the molecule is CCC(C(=O)O)n1c(-c2ccc(C)cc2)nc2cc(C)c(C)cc21. The number of benzene rings is 2. The van der Waals surface area contributed by atoms with E-state index < -0.39 is 12.0 Å². The summed E-state index contributed by atoms with van der Waals surface area (Å²) in [4.78, 5) is 16.6. The monoisotopic (exact) mass is 322 g/mol. The fraction of sp³-hybridized carbons (Fsp3) is 0.300. The third-order valence-electron chi connectivity index (χ3n) is 4.60. The normalized spacial score (nSPS) is 12.5. The third-order valence-corrected chi connectivity index (χ3v) is 4.60. The molecule has 1 heterocycles. The molecule has 0 aliphatic heterocycles. The van der Waals surface area contributed by atoms with Crippen LogP contribution in [0.15, 0.2) is 36.4 Å². The minimum atomic E-state index is -0.830. The molecule has 1 N–H and O–H groups in total. The van der Waals surface area contributed by atoms with Crippen molar-refractivity contribution < 1.29 is 9.90 Å². The highest BCUT2D eigenvalue weighted by Gasteiger charge is 2.24. The first-order valence-electron chi connectivity index (χ1n) is 8.21. The molecule has 0 bridgehead atoms. The summed E-state index contributed by atoms with van der Waals surface area (Å²) in [5, 5.41) is 9.70. The number of carboxylic acids is 1. The highest BCUT2D eigenvalue weighted by molar-refractivity contribution is 5.85. The molecule has 0 radical (unpaired) electrons. The summed E-state index contributed by atoms with van der Waals surface area (Å²) < 4.78 is 1.87. The van der Waals surface area contributed by atoms with Crippen LogP contribution in [-0.4, -0.2) is 20.6 Å². The molecule has 0 amide bonds. The number of aromatic nitrogens is 2. The van der Waals surface area contributed by atoms with Crippen LogP contribution in [0.25, 0.3) is 22.4 Å². The smallest absolute Gasteiger partial charge is 0.326 e. The van der Waals surface area contributed by atoms with Gasteiger partial charge in [0.2, 0.25) is 0 Å². The van der Waals surface area contributed by atoms with Crippen molar-refractivity contribution in [1.29, 1.82) is 0 Å². The Hall–Kier alpha value is -2.62. The van der Waals surface area contributed by atoms with E-state index in [9.17, 15) is 9.90 Å². The van der Waals surface area contributed by atoms with Crippen LogP contribution in [0, 0.1) is 20.8 Å². The second-order valence-corrected chi connectivity index (χ2v) is 6.36. The van der Waals surface area contributed by atoms with E-state index in [2.05, 4.69) is 0 Å². The second-order valence-electron chi connectivity index (χ2n) is 6.36. The van der Waals surface area contributed by atoms with Gasteiger partial charge in [0.15, 0.2) is 0 Å². The van der Waals surface area contributed by atoms with Crippen molar-refractivity contribution >= 4 is 17.0 Å². The Morgan fingerprint density at radius 2 is 1.75 bits per heavy atom. The number of rotatable bonds is 4. The van der Waals surface area contributed by atoms with E-state index in [1.54, 1.807) is 0 Å². The van der Waals surface area contributed by atoms with Gasteiger partial charge in [0.1, 0.15) is 11.9 Å². The molecule has 4 nitrogen and oxygen atoms in total. The van der Waals surface area contributed by atoms with Gasteiger partial charge in [0.25, 0.3) is 0 Å². The van der Waals surface area contributed by atoms with E-state index in [1.807, 2.05) is 68.7 Å². The first-order valence-corrected chi connectivity index (χ1v) is 8.21. The first-order chi connectivity index (χ1) is 11.4. The standard InChI is InChI=1S/C20H22N2O2/c1-5-17(20(23)24)22-18-11-14(4)13(3)10-16(18)21-19(22)15-8-6-12(2)7-9-15/h6-11,17H,5H2,1-4H3,(H,23,24). The number of carboxylic acid groups (broad SMARTS) is 1. The average Bonchev–Trinajstić information content (AvgIpc) is 2.87. The predicted octanol–water partition coefficient (Wildman–Crippen LogP) is 4.66. The Labute approximate surface area is 141 Å². The van der Waals surface area contributed by atoms with E-state index in [0.29, 0.717) is 12.2 Å². The van der Waals surface area contributed by atoms with Crippen molar-refractivity contribution in [3.8, 4) is 11.4 Å². The average molecular weight is 322 g/mol. The molecular weight excluding hydrogens is 300 g/mol. The van der Waals surface area contributed by atoms with Crippen LogP contribution in [0.4, 0.5) is 0 Å². The minimum Gasteiger partial charge on any atom is -0.480 e. The van der Waals surface area contributed by atoms with Crippen molar-refractivity contribution in [2.75, 3.05) is 0 Å². The first kappa shape index (κ1) is 16.2. The maximum absolute atomic E-state index is 11.8. The van der Waals surface area contributed by atoms with E-state index in [0.717, 1.165) is 27.7 Å². The number of carbonyl (C=O) groups is 1. The molecule has 0 aliphatic carbocycles. The summed E-state index contributed by atoms with van der Waals surface area (Å²) in [7, 11) is 0. The summed E-state index contributed by atoms with van der Waals surface area (Å²) >= 11 is 0. The predicted molar refractivity (Wildman–Crippen MR) is 96.3 cm³/mol. The van der Waals surface area contributed by atoms with Gasteiger partial charge in [-0.2, -0.15) is 0 Å². The van der Waals surface area contributed by atoms with E-state index in [-0.39, 0.29) is 0 Å². The van der Waals surface area contributed by atoms with Crippen molar-refractivity contribution in [1.82, 2.24) is 9.55 Å². The van der Waals surface area contributed by atoms with Gasteiger partial charge in [-0.1, -0.05) is 36.8 Å². The summed E-state index contributed by atoms with van der Waals surface area (Å²) in [6, 6.07) is 11.5. The molecule has 1 aromatic heterocycles. The summed E-state index contributed by atoms with van der Waals surface area (Å²) in [6.45, 7) is 8.02. The fourth-order valence-electron chi connectivity index (χ4n) is 3.04. The zero-order chi connectivity index (χ0) is 17.4. The molecule has 2 aromatic carbocycles. The summed E-state index contributed by atoms with van der Waals surface area (Å²) in [5.41, 5.74) is 6.12. The lowest BCUT2D eigenvalue weighted by Gasteiger charge is -2.17. The second kappa shape index (κ2) is 6.11. The van der Waals surface area contributed by atoms with E-state index in [4.69, 9.17) is 4.98 Å². The third kappa shape index (κ3) is 2.68. The van der Waals surface area contributed by atoms with Gasteiger partial charge in [-0.05, 0) is 50.5 Å². The largest absolute Gasteiger partial charge is 0.480 e. The lowest BCUT2D eigenvalue weighted by atomic mass is 10.1. The highest BCUT2D eigenvalue weighted by Crippen LogP contribution is 2.31. The molecule has 1 atom stereocenters. The van der Waals surface area contributed by atoms with Gasteiger partial charge in [-0.25, -0.2) is 9.78 Å². The van der Waals surface area contributed by atoms with Crippen LogP contribution in [0.2, 0.25) is 0 Å². The van der Waals surface area contributed by atoms with Crippen LogP contribution < -0.4 is 0 Å². The number of hydrogen-bond donors (Lipinski definition) is 1. The number of hydrogen-bond acceptors (Lipinski definition) is 2. The van der Waals surface area contributed by atoms with Crippen LogP contribution in [0.3, 0.4) is 0 Å². The highest BCUT2D eigenvalue weighted by atomic mass is 16.4. The van der Waals surface area contributed by atoms with Gasteiger partial charge < -0.3 is 9.67 Å². The minimum absolute atomic E-state index is 0.507. The van der Waals surface area contributed by atoms with Crippen LogP contribution >= 0.6 is 0 Å². The Balaban J connectivity index is 2.34. The molecule has 0 spiro atoms. The Bertz CT molecular complexity index is 908. The summed E-state index contributed by atoms with van der Waals surface area (Å²) in [6.07, 6.45) is 0.507. The number of nitrogens with zero attached hydrogens (tertiary/aromatic N) is 2. The maximum Gasteiger partial charge on any atom is 0.326 e. The van der Waals surface area contributed by atoms with Crippen LogP contribution in [0.5, 0.6) is 0 Å². The lowest BCUT2D eigenvalue weighted by molar-refractivity contribution is -0.140. The van der Waals surface area contributed by atoms with Crippen molar-refractivity contribution in [3.63, 3.8) is 0 Å². The quantitative estimate of drug-likeness (QED) is 0.760. The Morgan fingerprint density at radius 3 is 2.33 bits per heavy atom. The molecule has 24 heavy (non-hydrogen) atoms. The van der Waals surface area contributed by atoms with E-state index >= 15 is 0 Å². The fourth-order valence-corrected chi connectivity index (χ4v) is 3.04. The van der Waals surface area contributed by atoms with Gasteiger partial charge in [0, 0.05) is 5.56 Å². The van der Waals surface area contributed by atoms with E-state index in [1.165, 1.54) is 5.56 Å². The molecule has 0 saturated heterocycles. The van der Waals surface area contributed by atoms with Crippen LogP contribution in [0.1, 0.15) is 36.1 Å². The zero-order valence-electron chi connectivity index (χ0n) is 14.5. The molecular formula is C20H22N2O2. The number of aliphatic carboxylic acids is 1. The molecule has 3 aromatic rings. The number of imidazole rings is 1. The Morgan fingerprint density at radius 1 is 1.12 bits per heavy atom. The molecule has 0 aliphatic rings. The van der Waals surface area contributed by atoms with Crippen molar-refractivity contribution in [3.05, 3.63) is 53.1 Å². The van der Waals surface area contributed by atoms with Gasteiger partial charge in [-0.3, -0.25) is 0 Å². The van der Waals surface area contributed by atoms with Crippen molar-refractivity contribution in [2.45, 2.75) is 40.2 Å². The zero-order valence-corrected chi connectivity index (χ0v) is 14.5. The lowest BCUT2D eigenvalue weighted by Crippen LogP contribution is -2.19. The molecule has 1 unspecified atom stereocenters. The van der Waals surface area contributed by atoms with Crippen LogP contribution in [-0.2, 0) is 4.79 Å². The molecule has 4 heteroatoms.